The molecule has 2 heterocycles. The fourth-order valence-electron chi connectivity index (χ4n) is 3.19. The van der Waals surface area contributed by atoms with Crippen molar-refractivity contribution in [3.8, 4) is 0 Å². The number of aliphatic hydroxyl groups is 1. The van der Waals surface area contributed by atoms with Crippen LogP contribution in [0.5, 0.6) is 0 Å². The molecule has 0 radical (unpaired) electrons. The highest BCUT2D eigenvalue weighted by molar-refractivity contribution is 6.39. The van der Waals surface area contributed by atoms with Gasteiger partial charge in [-0.3, -0.25) is 14.7 Å². The Hall–Kier alpha value is -2.04. The van der Waals surface area contributed by atoms with Crippen molar-refractivity contribution in [1.82, 2.24) is 15.1 Å². The number of aliphatic carboxylic acids is 1. The van der Waals surface area contributed by atoms with Gasteiger partial charge in [-0.1, -0.05) is 23.2 Å². The van der Waals surface area contributed by atoms with E-state index < -0.39 is 43.2 Å². The van der Waals surface area contributed by atoms with Crippen LogP contribution in [0.4, 0.5) is 13.2 Å². The summed E-state index contributed by atoms with van der Waals surface area (Å²) in [4.78, 5) is 23.9. The van der Waals surface area contributed by atoms with Crippen LogP contribution in [-0.4, -0.2) is 49.6 Å². The monoisotopic (exact) mass is 425 g/mol. The molecule has 27 heavy (non-hydrogen) atoms. The van der Waals surface area contributed by atoms with Gasteiger partial charge in [-0.2, -0.15) is 18.3 Å². The maximum atomic E-state index is 13.1. The van der Waals surface area contributed by atoms with Crippen LogP contribution in [0.3, 0.4) is 0 Å². The Morgan fingerprint density at radius 1 is 1.44 bits per heavy atom. The molecule has 2 atom stereocenters. The molecule has 2 aromatic rings. The lowest BCUT2D eigenvalue weighted by Gasteiger charge is -2.30. The number of carbonyl (C=O) groups excluding carboxylic acids is 1. The molecule has 1 aliphatic heterocycles. The maximum Gasteiger partial charge on any atom is 0.433 e. The Labute approximate surface area is 159 Å². The van der Waals surface area contributed by atoms with E-state index in [1.165, 1.54) is 6.07 Å². The second-order valence-corrected chi connectivity index (χ2v) is 6.92. The molecule has 146 valence electrons. The second kappa shape index (κ2) is 6.84. The summed E-state index contributed by atoms with van der Waals surface area (Å²) in [5.74, 6) is -3.78. The Balaban J connectivity index is 2.20. The van der Waals surface area contributed by atoms with E-state index in [1.54, 1.807) is 0 Å². The number of carboxylic acids is 1. The Morgan fingerprint density at radius 2 is 2.11 bits per heavy atom. The Kier molecular flexibility index (Phi) is 5.00. The van der Waals surface area contributed by atoms with Crippen molar-refractivity contribution in [1.29, 1.82) is 0 Å². The zero-order valence-electron chi connectivity index (χ0n) is 13.3. The van der Waals surface area contributed by atoms with Crippen molar-refractivity contribution < 1.29 is 33.0 Å². The van der Waals surface area contributed by atoms with Crippen LogP contribution in [0.15, 0.2) is 6.07 Å². The normalized spacial score (nSPS) is 19.1. The molecule has 0 fully saturated rings. The lowest BCUT2D eigenvalue weighted by molar-refractivity contribution is -0.250. The van der Waals surface area contributed by atoms with E-state index >= 15 is 0 Å². The number of benzene rings is 1. The molecule has 7 nitrogen and oxygen atoms in total. The molecule has 1 aromatic heterocycles. The summed E-state index contributed by atoms with van der Waals surface area (Å²) in [6.45, 7) is -0.627. The minimum absolute atomic E-state index is 0.00864. The number of fused-ring (bicyclic) bond motifs is 3. The molecule has 1 aliphatic rings. The van der Waals surface area contributed by atoms with Crippen LogP contribution >= 0.6 is 23.2 Å². The number of nitrogens with zero attached hydrogens (tertiary/aromatic N) is 2. The highest BCUT2D eigenvalue weighted by atomic mass is 35.5. The molecule has 3 N–H and O–H groups in total. The van der Waals surface area contributed by atoms with Gasteiger partial charge in [0, 0.05) is 11.9 Å². The van der Waals surface area contributed by atoms with Gasteiger partial charge in [0.05, 0.1) is 17.4 Å². The number of carboxylic acid groups (broad SMARTS) is 1. The van der Waals surface area contributed by atoms with Gasteiger partial charge in [-0.05, 0) is 23.6 Å². The highest BCUT2D eigenvalue weighted by Gasteiger charge is 2.47. The van der Waals surface area contributed by atoms with Gasteiger partial charge in [0.25, 0.3) is 0 Å². The van der Waals surface area contributed by atoms with E-state index in [9.17, 15) is 27.9 Å². The molecule has 3 rings (SSSR count). The molecular formula is C15H12Cl2F3N3O4. The van der Waals surface area contributed by atoms with Crippen molar-refractivity contribution in [2.24, 2.45) is 5.92 Å². The number of alkyl halides is 3. The first-order chi connectivity index (χ1) is 12.5. The zero-order chi connectivity index (χ0) is 20.1. The quantitative estimate of drug-likeness (QED) is 0.700. The van der Waals surface area contributed by atoms with Gasteiger partial charge in [-0.25, -0.2) is 0 Å². The molecule has 1 aromatic carbocycles. The number of hydrogen-bond donors (Lipinski definition) is 3. The molecule has 0 bridgehead atoms. The number of aromatic amines is 1. The van der Waals surface area contributed by atoms with Crippen molar-refractivity contribution >= 4 is 46.0 Å². The summed E-state index contributed by atoms with van der Waals surface area (Å²) in [6.07, 6.45) is -9.07. The second-order valence-electron chi connectivity index (χ2n) is 6.14. The lowest BCUT2D eigenvalue weighted by atomic mass is 9.93. The first-order valence-corrected chi connectivity index (χ1v) is 8.37. The summed E-state index contributed by atoms with van der Waals surface area (Å²) < 4.78 is 39.2. The molecule has 12 heteroatoms. The van der Waals surface area contributed by atoms with Gasteiger partial charge in [0.15, 0.2) is 0 Å². The van der Waals surface area contributed by atoms with Gasteiger partial charge in [0.2, 0.25) is 12.1 Å². The summed E-state index contributed by atoms with van der Waals surface area (Å²) in [5.41, 5.74) is 0.788. The molecular weight excluding hydrogens is 414 g/mol. The standard InChI is InChI=1S/C15H12Cl2F3N3O4/c16-8-2-5-1-6(3-9(24)25)13(26)23(14(27)15(18,19)20)4-7(5)10-11(8)21-22-12(10)17/h2,6,14,27H,1,3-4H2,(H,21,22)(H,24,25). The number of amides is 1. The fourth-order valence-corrected chi connectivity index (χ4v) is 3.70. The van der Waals surface area contributed by atoms with Crippen LogP contribution in [0.25, 0.3) is 10.9 Å². The average Bonchev–Trinajstić information content (AvgIpc) is 2.88. The Bertz CT molecular complexity index is 931. The average molecular weight is 426 g/mol. The molecule has 0 saturated heterocycles. The number of H-pyrrole nitrogens is 1. The number of hydrogen-bond acceptors (Lipinski definition) is 4. The third-order valence-electron chi connectivity index (χ3n) is 4.37. The van der Waals surface area contributed by atoms with Gasteiger partial charge in [-0.15, -0.1) is 0 Å². The summed E-state index contributed by atoms with van der Waals surface area (Å²) >= 11 is 12.2. The van der Waals surface area contributed by atoms with Gasteiger partial charge in [0.1, 0.15) is 10.7 Å². The molecule has 0 saturated carbocycles. The smallest absolute Gasteiger partial charge is 0.433 e. The predicted molar refractivity (Wildman–Crippen MR) is 88.2 cm³/mol. The topological polar surface area (TPSA) is 107 Å². The van der Waals surface area contributed by atoms with Crippen LogP contribution in [0.2, 0.25) is 10.2 Å². The fraction of sp³-hybridized carbons (Fsp3) is 0.400. The summed E-state index contributed by atoms with van der Waals surface area (Å²) in [7, 11) is 0. The molecule has 2 unspecified atom stereocenters. The maximum absolute atomic E-state index is 13.1. The largest absolute Gasteiger partial charge is 0.481 e. The number of carbonyl (C=O) groups is 2. The van der Waals surface area contributed by atoms with Crippen molar-refractivity contribution in [2.45, 2.75) is 31.8 Å². The van der Waals surface area contributed by atoms with E-state index in [1.807, 2.05) is 0 Å². The van der Waals surface area contributed by atoms with E-state index in [0.717, 1.165) is 0 Å². The van der Waals surface area contributed by atoms with Crippen LogP contribution in [-0.2, 0) is 22.6 Å². The number of aromatic nitrogens is 2. The van der Waals surface area contributed by atoms with E-state index in [-0.39, 0.29) is 38.0 Å². The van der Waals surface area contributed by atoms with Crippen LogP contribution in [0.1, 0.15) is 17.5 Å². The van der Waals surface area contributed by atoms with E-state index in [4.69, 9.17) is 28.3 Å². The van der Waals surface area contributed by atoms with Crippen LogP contribution in [0, 0.1) is 5.92 Å². The Morgan fingerprint density at radius 3 is 2.70 bits per heavy atom. The minimum Gasteiger partial charge on any atom is -0.481 e. The van der Waals surface area contributed by atoms with Gasteiger partial charge >= 0.3 is 12.1 Å². The van der Waals surface area contributed by atoms with Crippen molar-refractivity contribution in [3.63, 3.8) is 0 Å². The third-order valence-corrected chi connectivity index (χ3v) is 4.94. The molecule has 0 spiro atoms. The first kappa shape index (κ1) is 19.7. The third kappa shape index (κ3) is 3.56. The predicted octanol–water partition coefficient (Wildman–Crippen LogP) is 2.73. The molecule has 1 amide bonds. The minimum atomic E-state index is -5.11. The van der Waals surface area contributed by atoms with Crippen LogP contribution < -0.4 is 0 Å². The van der Waals surface area contributed by atoms with Gasteiger partial charge < -0.3 is 15.1 Å². The van der Waals surface area contributed by atoms with E-state index in [2.05, 4.69) is 10.2 Å². The van der Waals surface area contributed by atoms with E-state index in [0.29, 0.717) is 5.56 Å². The summed E-state index contributed by atoms with van der Waals surface area (Å²) in [6, 6.07) is 1.42. The lowest BCUT2D eigenvalue weighted by Crippen LogP contribution is -2.50. The number of nitrogens with one attached hydrogen (secondary N) is 1. The summed E-state index contributed by atoms with van der Waals surface area (Å²) in [5, 5.41) is 25.4. The number of rotatable bonds is 3. The van der Waals surface area contributed by atoms with Crippen molar-refractivity contribution in [2.75, 3.05) is 0 Å². The SMILES string of the molecule is O=C(O)CC1Cc2cc(Cl)c3n[nH]c(Cl)c3c2CN(C(O)C(F)(F)F)C1=O. The zero-order valence-corrected chi connectivity index (χ0v) is 14.9. The number of halogens is 5. The van der Waals surface area contributed by atoms with Crippen molar-refractivity contribution in [3.05, 3.63) is 27.4 Å². The highest BCUT2D eigenvalue weighted by Crippen LogP contribution is 2.38. The molecule has 0 aliphatic carbocycles. The first-order valence-electron chi connectivity index (χ1n) is 7.61. The number of aliphatic hydroxyl groups excluding tert-OH is 1.